The van der Waals surface area contributed by atoms with Crippen molar-refractivity contribution in [2.45, 2.75) is 58.5 Å². The summed E-state index contributed by atoms with van der Waals surface area (Å²) < 4.78 is 0. The number of benzene rings is 1. The minimum atomic E-state index is 0.551. The third-order valence-electron chi connectivity index (χ3n) is 5.31. The first-order chi connectivity index (χ1) is 10.2. The van der Waals surface area contributed by atoms with E-state index in [0.717, 1.165) is 18.4 Å². The molecule has 0 aromatic heterocycles. The zero-order valence-electron chi connectivity index (χ0n) is 13.6. The van der Waals surface area contributed by atoms with Gasteiger partial charge < -0.3 is 10.2 Å². The lowest BCUT2D eigenvalue weighted by Crippen LogP contribution is -2.41. The summed E-state index contributed by atoms with van der Waals surface area (Å²) in [6.45, 7) is 7.91. The molecule has 1 saturated heterocycles. The van der Waals surface area contributed by atoms with E-state index in [1.54, 1.807) is 0 Å². The number of piperidine rings is 1. The van der Waals surface area contributed by atoms with Crippen molar-refractivity contribution in [2.24, 2.45) is 11.8 Å². The highest BCUT2D eigenvalue weighted by Crippen LogP contribution is 2.37. The normalized spacial score (nSPS) is 26.0. The van der Waals surface area contributed by atoms with E-state index in [1.807, 2.05) is 0 Å². The molecular weight excluding hydrogens is 256 g/mol. The Kier molecular flexibility index (Phi) is 4.84. The van der Waals surface area contributed by atoms with E-state index in [9.17, 15) is 0 Å². The lowest BCUT2D eigenvalue weighted by atomic mass is 9.75. The van der Waals surface area contributed by atoms with Gasteiger partial charge in [0.05, 0.1) is 0 Å². The van der Waals surface area contributed by atoms with Gasteiger partial charge in [-0.05, 0) is 42.4 Å². The molecule has 0 amide bonds. The molecule has 2 heteroatoms. The molecule has 1 aliphatic heterocycles. The van der Waals surface area contributed by atoms with Crippen LogP contribution in [-0.2, 0) is 6.54 Å². The molecule has 2 unspecified atom stereocenters. The van der Waals surface area contributed by atoms with Gasteiger partial charge in [0, 0.05) is 31.4 Å². The summed E-state index contributed by atoms with van der Waals surface area (Å²) in [7, 11) is 0. The van der Waals surface area contributed by atoms with Crippen LogP contribution in [0, 0.1) is 11.8 Å². The summed E-state index contributed by atoms with van der Waals surface area (Å²) in [5.74, 6) is 1.97. The van der Waals surface area contributed by atoms with Gasteiger partial charge in [-0.3, -0.25) is 0 Å². The van der Waals surface area contributed by atoms with Gasteiger partial charge in [0.2, 0.25) is 0 Å². The average molecular weight is 286 g/mol. The molecule has 2 aliphatic rings. The lowest BCUT2D eigenvalue weighted by molar-refractivity contribution is 0.202. The number of fused-ring (bicyclic) bond motifs is 1. The highest BCUT2D eigenvalue weighted by Gasteiger charge is 2.30. The van der Waals surface area contributed by atoms with E-state index in [4.69, 9.17) is 0 Å². The van der Waals surface area contributed by atoms with Crippen LogP contribution >= 0.6 is 0 Å². The zero-order valence-corrected chi connectivity index (χ0v) is 13.6. The van der Waals surface area contributed by atoms with E-state index in [0.29, 0.717) is 6.04 Å². The third kappa shape index (κ3) is 3.79. The maximum Gasteiger partial charge on any atom is 0.0366 e. The van der Waals surface area contributed by atoms with E-state index >= 15 is 0 Å². The Hall–Kier alpha value is -1.02. The molecule has 116 valence electrons. The first-order valence-corrected chi connectivity index (χ1v) is 8.79. The second kappa shape index (κ2) is 6.83. The van der Waals surface area contributed by atoms with Gasteiger partial charge in [-0.15, -0.1) is 0 Å². The number of nitrogens with one attached hydrogen (secondary N) is 1. The first kappa shape index (κ1) is 14.9. The monoisotopic (exact) mass is 286 g/mol. The number of hydrogen-bond acceptors (Lipinski definition) is 2. The van der Waals surface area contributed by atoms with Crippen molar-refractivity contribution >= 4 is 5.69 Å². The van der Waals surface area contributed by atoms with Crippen LogP contribution in [0.3, 0.4) is 0 Å². The number of nitrogens with zero attached hydrogens (tertiary/aromatic N) is 1. The highest BCUT2D eigenvalue weighted by molar-refractivity contribution is 5.48. The molecular formula is C19H30N2. The summed E-state index contributed by atoms with van der Waals surface area (Å²) in [5.41, 5.74) is 2.81. The second-order valence-corrected chi connectivity index (χ2v) is 7.24. The van der Waals surface area contributed by atoms with Crippen LogP contribution in [0.4, 0.5) is 5.69 Å². The molecule has 0 radical (unpaired) electrons. The van der Waals surface area contributed by atoms with Crippen LogP contribution in [0.1, 0.15) is 51.5 Å². The van der Waals surface area contributed by atoms with Gasteiger partial charge in [0.15, 0.2) is 0 Å². The molecule has 2 atom stereocenters. The number of anilines is 1. The molecule has 2 nitrogen and oxygen atoms in total. The van der Waals surface area contributed by atoms with Crippen LogP contribution in [0.2, 0.25) is 0 Å². The van der Waals surface area contributed by atoms with Crippen molar-refractivity contribution in [1.29, 1.82) is 0 Å². The van der Waals surface area contributed by atoms with Crippen LogP contribution in [0.25, 0.3) is 0 Å². The predicted octanol–water partition coefficient (Wildman–Crippen LogP) is 4.20. The second-order valence-electron chi connectivity index (χ2n) is 7.24. The van der Waals surface area contributed by atoms with Crippen molar-refractivity contribution in [3.8, 4) is 0 Å². The maximum atomic E-state index is 3.48. The van der Waals surface area contributed by atoms with E-state index in [-0.39, 0.29) is 0 Å². The van der Waals surface area contributed by atoms with E-state index in [2.05, 4.69) is 48.3 Å². The van der Waals surface area contributed by atoms with Gasteiger partial charge in [-0.2, -0.15) is 0 Å². The van der Waals surface area contributed by atoms with Crippen molar-refractivity contribution in [2.75, 3.05) is 18.0 Å². The first-order valence-electron chi connectivity index (χ1n) is 8.79. The van der Waals surface area contributed by atoms with Crippen molar-refractivity contribution in [3.63, 3.8) is 0 Å². The Morgan fingerprint density at radius 3 is 2.48 bits per heavy atom. The van der Waals surface area contributed by atoms with E-state index in [1.165, 1.54) is 56.4 Å². The molecule has 1 heterocycles. The van der Waals surface area contributed by atoms with Gasteiger partial charge >= 0.3 is 0 Å². The average Bonchev–Trinajstić information content (AvgIpc) is 2.53. The Bertz CT molecular complexity index is 437. The van der Waals surface area contributed by atoms with Crippen molar-refractivity contribution < 1.29 is 0 Å². The molecule has 1 aromatic carbocycles. The van der Waals surface area contributed by atoms with Gasteiger partial charge in [-0.1, -0.05) is 45.2 Å². The summed E-state index contributed by atoms with van der Waals surface area (Å²) in [6, 6.07) is 9.77. The largest absolute Gasteiger partial charge is 0.371 e. The number of rotatable bonds is 4. The zero-order chi connectivity index (χ0) is 14.7. The SMILES string of the molecule is CC(C)NCc1ccc(N2CCC3CCCCC3C2)cc1. The number of hydrogen-bond donors (Lipinski definition) is 1. The molecule has 1 saturated carbocycles. The summed E-state index contributed by atoms with van der Waals surface area (Å²) in [6.07, 6.45) is 7.27. The minimum Gasteiger partial charge on any atom is -0.371 e. The third-order valence-corrected chi connectivity index (χ3v) is 5.31. The Morgan fingerprint density at radius 2 is 1.76 bits per heavy atom. The Balaban J connectivity index is 1.59. The highest BCUT2D eigenvalue weighted by atomic mass is 15.1. The van der Waals surface area contributed by atoms with Crippen LogP contribution in [0.15, 0.2) is 24.3 Å². The quantitative estimate of drug-likeness (QED) is 0.892. The molecule has 0 spiro atoms. The topological polar surface area (TPSA) is 15.3 Å². The van der Waals surface area contributed by atoms with E-state index < -0.39 is 0 Å². The van der Waals surface area contributed by atoms with Crippen molar-refractivity contribution in [1.82, 2.24) is 5.32 Å². The van der Waals surface area contributed by atoms with Gasteiger partial charge in [0.25, 0.3) is 0 Å². The molecule has 0 bridgehead atoms. The summed E-state index contributed by atoms with van der Waals surface area (Å²) in [5, 5.41) is 3.48. The molecule has 1 N–H and O–H groups in total. The minimum absolute atomic E-state index is 0.551. The van der Waals surface area contributed by atoms with Crippen molar-refractivity contribution in [3.05, 3.63) is 29.8 Å². The fourth-order valence-corrected chi connectivity index (χ4v) is 3.98. The summed E-state index contributed by atoms with van der Waals surface area (Å²) >= 11 is 0. The molecule has 1 aromatic rings. The lowest BCUT2D eigenvalue weighted by Gasteiger charge is -2.42. The molecule has 1 aliphatic carbocycles. The van der Waals surface area contributed by atoms with Crippen LogP contribution in [-0.4, -0.2) is 19.1 Å². The maximum absolute atomic E-state index is 3.48. The smallest absolute Gasteiger partial charge is 0.0366 e. The fraction of sp³-hybridized carbons (Fsp3) is 0.684. The Morgan fingerprint density at radius 1 is 1.05 bits per heavy atom. The Labute approximate surface area is 129 Å². The van der Waals surface area contributed by atoms with Gasteiger partial charge in [-0.25, -0.2) is 0 Å². The molecule has 21 heavy (non-hydrogen) atoms. The molecule has 3 rings (SSSR count). The standard InChI is InChI=1S/C19H30N2/c1-15(2)20-13-16-7-9-19(10-8-16)21-12-11-17-5-3-4-6-18(17)14-21/h7-10,15,17-18,20H,3-6,11-14H2,1-2H3. The van der Waals surface area contributed by atoms with Crippen LogP contribution in [0.5, 0.6) is 0 Å². The van der Waals surface area contributed by atoms with Crippen LogP contribution < -0.4 is 10.2 Å². The fourth-order valence-electron chi connectivity index (χ4n) is 3.98. The van der Waals surface area contributed by atoms with Gasteiger partial charge in [0.1, 0.15) is 0 Å². The predicted molar refractivity (Wildman–Crippen MR) is 90.7 cm³/mol. The molecule has 2 fully saturated rings. The summed E-state index contributed by atoms with van der Waals surface area (Å²) in [4.78, 5) is 2.62.